The molecule has 1 saturated heterocycles. The molecule has 1 aliphatic rings. The van der Waals surface area contributed by atoms with Crippen LogP contribution in [0, 0.1) is 0 Å². The summed E-state index contributed by atoms with van der Waals surface area (Å²) < 4.78 is 5.55. The summed E-state index contributed by atoms with van der Waals surface area (Å²) in [5.41, 5.74) is 1.53. The van der Waals surface area contributed by atoms with E-state index in [-0.39, 0.29) is 0 Å². The van der Waals surface area contributed by atoms with Gasteiger partial charge < -0.3 is 15.0 Å². The Morgan fingerprint density at radius 1 is 1.25 bits per heavy atom. The van der Waals surface area contributed by atoms with Gasteiger partial charge in [0.2, 0.25) is 0 Å². The number of benzene rings is 2. The van der Waals surface area contributed by atoms with Gasteiger partial charge in [-0.1, -0.05) is 60.4 Å². The quantitative estimate of drug-likeness (QED) is 0.422. The maximum absolute atomic E-state index is 12.7. The van der Waals surface area contributed by atoms with Gasteiger partial charge in [0.1, 0.15) is 16.2 Å². The highest BCUT2D eigenvalue weighted by atomic mass is 32.2. The van der Waals surface area contributed by atoms with Crippen LogP contribution in [-0.2, 0) is 6.54 Å². The van der Waals surface area contributed by atoms with Crippen molar-refractivity contribution >= 4 is 40.0 Å². The van der Waals surface area contributed by atoms with Crippen molar-refractivity contribution in [1.29, 1.82) is 0 Å². The van der Waals surface area contributed by atoms with Crippen molar-refractivity contribution in [3.8, 4) is 5.75 Å². The average Bonchev–Trinajstić information content (AvgIpc) is 2.90. The molecule has 0 spiro atoms. The molecule has 1 aliphatic heterocycles. The zero-order valence-corrected chi connectivity index (χ0v) is 17.6. The predicted molar refractivity (Wildman–Crippen MR) is 116 cm³/mol. The molecule has 3 rings (SSSR count). The standard InChI is InChI=1S/C20H23N3O3S2/c1-20(2)17(23(25)18(24)21-15-10-5-4-6-11-15)22(19(27)28-20)13-14-9-7-8-12-16(14)26-3/h4-12,17,25H,13H2,1-3H3,(H,21,24)/t17-/m0/s1. The minimum atomic E-state index is -0.640. The molecule has 0 radical (unpaired) electrons. The van der Waals surface area contributed by atoms with E-state index < -0.39 is 16.9 Å². The maximum Gasteiger partial charge on any atom is 0.347 e. The zero-order valence-electron chi connectivity index (χ0n) is 16.0. The summed E-state index contributed by atoms with van der Waals surface area (Å²) in [7, 11) is 1.61. The summed E-state index contributed by atoms with van der Waals surface area (Å²) in [5, 5.41) is 14.2. The lowest BCUT2D eigenvalue weighted by atomic mass is 10.1. The zero-order chi connectivity index (χ0) is 20.3. The normalized spacial score (nSPS) is 18.1. The number of carbonyl (C=O) groups excluding carboxylic acids is 1. The van der Waals surface area contributed by atoms with E-state index in [1.165, 1.54) is 11.8 Å². The lowest BCUT2D eigenvalue weighted by Crippen LogP contribution is -2.55. The van der Waals surface area contributed by atoms with Crippen molar-refractivity contribution in [3.63, 3.8) is 0 Å². The minimum Gasteiger partial charge on any atom is -0.496 e. The van der Waals surface area contributed by atoms with Crippen LogP contribution in [-0.4, -0.2) is 43.5 Å². The van der Waals surface area contributed by atoms with Crippen molar-refractivity contribution in [1.82, 2.24) is 9.96 Å². The molecule has 2 amide bonds. The van der Waals surface area contributed by atoms with Gasteiger partial charge in [-0.05, 0) is 32.0 Å². The molecular formula is C20H23N3O3S2. The van der Waals surface area contributed by atoms with Crippen LogP contribution in [0.3, 0.4) is 0 Å². The Morgan fingerprint density at radius 2 is 1.89 bits per heavy atom. The van der Waals surface area contributed by atoms with Crippen LogP contribution in [0.1, 0.15) is 19.4 Å². The summed E-state index contributed by atoms with van der Waals surface area (Å²) >= 11 is 7.02. The smallest absolute Gasteiger partial charge is 0.347 e. The molecule has 0 saturated carbocycles. The van der Waals surface area contributed by atoms with Gasteiger partial charge in [0.05, 0.1) is 18.4 Å². The van der Waals surface area contributed by atoms with Crippen LogP contribution in [0.25, 0.3) is 0 Å². The van der Waals surface area contributed by atoms with Crippen molar-refractivity contribution in [2.75, 3.05) is 12.4 Å². The number of hydrogen-bond donors (Lipinski definition) is 2. The number of rotatable bonds is 5. The van der Waals surface area contributed by atoms with Crippen LogP contribution in [0.2, 0.25) is 0 Å². The van der Waals surface area contributed by atoms with Crippen LogP contribution in [0.15, 0.2) is 54.6 Å². The highest BCUT2D eigenvalue weighted by Gasteiger charge is 2.49. The van der Waals surface area contributed by atoms with E-state index in [1.807, 2.05) is 61.2 Å². The molecule has 0 unspecified atom stereocenters. The number of methoxy groups -OCH3 is 1. The van der Waals surface area contributed by atoms with Gasteiger partial charge in [-0.25, -0.2) is 4.79 Å². The lowest BCUT2D eigenvalue weighted by Gasteiger charge is -2.37. The number of hydrogen-bond acceptors (Lipinski definition) is 5. The number of nitrogens with one attached hydrogen (secondary N) is 1. The first-order valence-electron chi connectivity index (χ1n) is 8.79. The molecule has 6 nitrogen and oxygen atoms in total. The lowest BCUT2D eigenvalue weighted by molar-refractivity contribution is -0.115. The van der Waals surface area contributed by atoms with E-state index in [0.717, 1.165) is 16.4 Å². The monoisotopic (exact) mass is 417 g/mol. The van der Waals surface area contributed by atoms with E-state index in [4.69, 9.17) is 17.0 Å². The van der Waals surface area contributed by atoms with Crippen LogP contribution < -0.4 is 10.1 Å². The Labute approximate surface area is 174 Å². The number of urea groups is 1. The summed E-state index contributed by atoms with van der Waals surface area (Å²) in [6.45, 7) is 4.32. The summed E-state index contributed by atoms with van der Waals surface area (Å²) in [4.78, 5) is 14.5. The number of thioether (sulfide) groups is 1. The molecule has 2 aromatic carbocycles. The Morgan fingerprint density at radius 3 is 2.57 bits per heavy atom. The number of hydroxylamine groups is 2. The molecule has 0 aliphatic carbocycles. The molecular weight excluding hydrogens is 394 g/mol. The molecule has 0 aromatic heterocycles. The molecule has 2 aromatic rings. The minimum absolute atomic E-state index is 0.416. The number of carbonyl (C=O) groups is 1. The molecule has 28 heavy (non-hydrogen) atoms. The number of ether oxygens (including phenoxy) is 1. The average molecular weight is 418 g/mol. The Hall–Kier alpha value is -2.29. The third-order valence-electron chi connectivity index (χ3n) is 4.50. The van der Waals surface area contributed by atoms with Gasteiger partial charge in [-0.3, -0.25) is 5.21 Å². The Kier molecular flexibility index (Phi) is 6.12. The second kappa shape index (κ2) is 8.38. The van der Waals surface area contributed by atoms with Gasteiger partial charge in [0.25, 0.3) is 0 Å². The van der Waals surface area contributed by atoms with E-state index in [1.54, 1.807) is 19.2 Å². The second-order valence-corrected chi connectivity index (χ2v) is 9.21. The van der Waals surface area contributed by atoms with E-state index in [9.17, 15) is 10.0 Å². The first kappa shape index (κ1) is 20.4. The molecule has 1 atom stereocenters. The molecule has 8 heteroatoms. The van der Waals surface area contributed by atoms with E-state index in [0.29, 0.717) is 16.6 Å². The highest BCUT2D eigenvalue weighted by molar-refractivity contribution is 8.24. The third-order valence-corrected chi connectivity index (χ3v) is 6.13. The topological polar surface area (TPSA) is 65.0 Å². The molecule has 2 N–H and O–H groups in total. The molecule has 0 bridgehead atoms. The Balaban J connectivity index is 1.84. The fourth-order valence-electron chi connectivity index (χ4n) is 3.22. The van der Waals surface area contributed by atoms with Crippen LogP contribution >= 0.6 is 24.0 Å². The first-order valence-corrected chi connectivity index (χ1v) is 10.0. The predicted octanol–water partition coefficient (Wildman–Crippen LogP) is 4.56. The third kappa shape index (κ3) is 4.24. The molecule has 1 heterocycles. The van der Waals surface area contributed by atoms with Gasteiger partial charge in [0, 0.05) is 11.3 Å². The van der Waals surface area contributed by atoms with E-state index >= 15 is 0 Å². The summed E-state index contributed by atoms with van der Waals surface area (Å²) in [6, 6.07) is 16.0. The number of para-hydroxylation sites is 2. The molecule has 1 fully saturated rings. The molecule has 148 valence electrons. The number of amides is 2. The van der Waals surface area contributed by atoms with Crippen LogP contribution in [0.5, 0.6) is 5.75 Å². The van der Waals surface area contributed by atoms with Gasteiger partial charge in [-0.15, -0.1) is 0 Å². The fourth-order valence-corrected chi connectivity index (χ4v) is 5.09. The number of anilines is 1. The largest absolute Gasteiger partial charge is 0.496 e. The van der Waals surface area contributed by atoms with E-state index in [2.05, 4.69) is 5.32 Å². The number of nitrogens with zero attached hydrogens (tertiary/aromatic N) is 2. The van der Waals surface area contributed by atoms with Crippen molar-refractivity contribution in [2.45, 2.75) is 31.3 Å². The SMILES string of the molecule is COc1ccccc1CN1C(=S)SC(C)(C)[C@@H]1N(O)C(=O)Nc1ccccc1. The van der Waals surface area contributed by atoms with Crippen molar-refractivity contribution in [3.05, 3.63) is 60.2 Å². The Bertz CT molecular complexity index is 861. The number of thiocarbonyl (C=S) groups is 1. The fraction of sp³-hybridized carbons (Fsp3) is 0.300. The van der Waals surface area contributed by atoms with Gasteiger partial charge >= 0.3 is 6.03 Å². The van der Waals surface area contributed by atoms with Crippen LogP contribution in [0.4, 0.5) is 10.5 Å². The van der Waals surface area contributed by atoms with Gasteiger partial charge in [-0.2, -0.15) is 5.06 Å². The highest BCUT2D eigenvalue weighted by Crippen LogP contribution is 2.43. The first-order chi connectivity index (χ1) is 13.3. The summed E-state index contributed by atoms with van der Waals surface area (Å²) in [6.07, 6.45) is -0.640. The maximum atomic E-state index is 12.7. The second-order valence-electron chi connectivity index (χ2n) is 6.93. The van der Waals surface area contributed by atoms with Gasteiger partial charge in [0.15, 0.2) is 0 Å². The van der Waals surface area contributed by atoms with Crippen molar-refractivity contribution in [2.24, 2.45) is 0 Å². The summed E-state index contributed by atoms with van der Waals surface area (Å²) in [5.74, 6) is 0.733. The van der Waals surface area contributed by atoms with Crippen molar-refractivity contribution < 1.29 is 14.7 Å².